The molecule has 0 unspecified atom stereocenters. The van der Waals surface area contributed by atoms with Crippen LogP contribution in [0, 0.1) is 0 Å². The molecule has 106 valence electrons. The molecule has 1 fully saturated rings. The first kappa shape index (κ1) is 13.9. The van der Waals surface area contributed by atoms with Gasteiger partial charge in [0.1, 0.15) is 11.8 Å². The van der Waals surface area contributed by atoms with E-state index < -0.39 is 12.7 Å². The van der Waals surface area contributed by atoms with Crippen LogP contribution in [0.15, 0.2) is 18.3 Å². The van der Waals surface area contributed by atoms with Gasteiger partial charge in [0.25, 0.3) is 0 Å². The molecule has 1 aliphatic rings. The lowest BCUT2D eigenvalue weighted by Crippen LogP contribution is -2.56. The summed E-state index contributed by atoms with van der Waals surface area (Å²) >= 11 is 0. The second-order valence-corrected chi connectivity index (χ2v) is 4.28. The average Bonchev–Trinajstić information content (AvgIpc) is 2.27. The van der Waals surface area contributed by atoms with Gasteiger partial charge in [0, 0.05) is 26.3 Å². The Morgan fingerprint density at radius 3 is 2.84 bits per heavy atom. The molecule has 0 atom stereocenters. The van der Waals surface area contributed by atoms with Crippen LogP contribution in [0.3, 0.4) is 0 Å². The van der Waals surface area contributed by atoms with Crippen molar-refractivity contribution in [2.75, 3.05) is 32.1 Å². The summed E-state index contributed by atoms with van der Waals surface area (Å²) in [5.41, 5.74) is 6.24. The Balaban J connectivity index is 1.84. The van der Waals surface area contributed by atoms with Crippen LogP contribution in [0.5, 0.6) is 5.88 Å². The maximum absolute atomic E-state index is 12.1. The normalized spacial score (nSPS) is 17.1. The number of alkyl halides is 3. The molecule has 1 aromatic heterocycles. The highest BCUT2D eigenvalue weighted by Gasteiger charge is 2.38. The Hall–Kier alpha value is -1.54. The summed E-state index contributed by atoms with van der Waals surface area (Å²) in [4.78, 5) is 5.34. The van der Waals surface area contributed by atoms with Crippen molar-refractivity contribution in [2.45, 2.75) is 12.3 Å². The van der Waals surface area contributed by atoms with Crippen LogP contribution in [0.2, 0.25) is 0 Å². The van der Waals surface area contributed by atoms with E-state index in [1.165, 1.54) is 4.90 Å². The van der Waals surface area contributed by atoms with Gasteiger partial charge in [-0.05, 0) is 12.1 Å². The van der Waals surface area contributed by atoms with Gasteiger partial charge in [0.15, 0.2) is 0 Å². The molecular formula is C11H15F3N4O. The Kier molecular flexibility index (Phi) is 4.11. The molecule has 2 heterocycles. The van der Waals surface area contributed by atoms with E-state index in [-0.39, 0.29) is 19.2 Å². The van der Waals surface area contributed by atoms with Crippen molar-refractivity contribution >= 4 is 5.69 Å². The summed E-state index contributed by atoms with van der Waals surface area (Å²) in [6.45, 7) is -0.374. The number of rotatable bonds is 5. The molecule has 0 amide bonds. The topological polar surface area (TPSA) is 49.4 Å². The van der Waals surface area contributed by atoms with E-state index in [1.807, 2.05) is 0 Å². The quantitative estimate of drug-likeness (QED) is 0.793. The zero-order valence-electron chi connectivity index (χ0n) is 10.4. The fraction of sp³-hybridized carbons (Fsp3) is 0.545. The number of halogens is 3. The maximum Gasteiger partial charge on any atom is 0.401 e. The van der Waals surface area contributed by atoms with Gasteiger partial charge in [0.2, 0.25) is 5.88 Å². The van der Waals surface area contributed by atoms with Crippen LogP contribution in [-0.4, -0.2) is 48.8 Å². The van der Waals surface area contributed by atoms with Crippen LogP contribution in [0.25, 0.3) is 0 Å². The van der Waals surface area contributed by atoms with Gasteiger partial charge >= 0.3 is 6.18 Å². The number of nitrogens with zero attached hydrogens (tertiary/aromatic N) is 2. The van der Waals surface area contributed by atoms with E-state index in [0.29, 0.717) is 11.6 Å². The van der Waals surface area contributed by atoms with Gasteiger partial charge in [-0.1, -0.05) is 0 Å². The van der Waals surface area contributed by atoms with Gasteiger partial charge in [-0.15, -0.1) is 0 Å². The number of hydrazine groups is 1. The maximum atomic E-state index is 12.1. The van der Waals surface area contributed by atoms with E-state index in [0.717, 1.165) is 0 Å². The number of hydrogen-bond donors (Lipinski definition) is 2. The molecule has 0 spiro atoms. The second kappa shape index (κ2) is 5.62. The minimum absolute atomic E-state index is 0.255. The number of hydrogen-bond acceptors (Lipinski definition) is 5. The summed E-state index contributed by atoms with van der Waals surface area (Å²) in [6.07, 6.45) is -2.84. The van der Waals surface area contributed by atoms with Crippen molar-refractivity contribution < 1.29 is 17.9 Å². The molecule has 2 rings (SSSR count). The Morgan fingerprint density at radius 2 is 2.21 bits per heavy atom. The van der Waals surface area contributed by atoms with Crippen molar-refractivity contribution in [2.24, 2.45) is 0 Å². The predicted molar refractivity (Wildman–Crippen MR) is 63.8 cm³/mol. The third-order valence-electron chi connectivity index (χ3n) is 2.64. The SMILES string of the molecule is CNNc1cccnc1OC1CN(CC(F)(F)F)C1. The summed E-state index contributed by atoms with van der Waals surface area (Å²) in [5, 5.41) is 0. The zero-order chi connectivity index (χ0) is 13.9. The predicted octanol–water partition coefficient (Wildman–Crippen LogP) is 1.25. The van der Waals surface area contributed by atoms with Crippen molar-refractivity contribution in [3.63, 3.8) is 0 Å². The van der Waals surface area contributed by atoms with E-state index in [2.05, 4.69) is 15.8 Å². The second-order valence-electron chi connectivity index (χ2n) is 4.28. The number of likely N-dealkylation sites (tertiary alicyclic amines) is 1. The zero-order valence-corrected chi connectivity index (χ0v) is 10.4. The van der Waals surface area contributed by atoms with E-state index in [1.54, 1.807) is 25.4 Å². The molecule has 1 aromatic rings. The number of nitrogens with one attached hydrogen (secondary N) is 2. The van der Waals surface area contributed by atoms with Crippen LogP contribution < -0.4 is 15.6 Å². The van der Waals surface area contributed by atoms with Gasteiger partial charge in [-0.3, -0.25) is 4.90 Å². The minimum Gasteiger partial charge on any atom is -0.470 e. The fourth-order valence-electron chi connectivity index (χ4n) is 1.85. The monoisotopic (exact) mass is 276 g/mol. The highest BCUT2D eigenvalue weighted by atomic mass is 19.4. The third kappa shape index (κ3) is 3.97. The highest BCUT2D eigenvalue weighted by Crippen LogP contribution is 2.25. The van der Waals surface area contributed by atoms with Crippen LogP contribution in [0.4, 0.5) is 18.9 Å². The smallest absolute Gasteiger partial charge is 0.401 e. The molecule has 0 radical (unpaired) electrons. The summed E-state index contributed by atoms with van der Waals surface area (Å²) in [5.74, 6) is 0.383. The molecule has 1 aliphatic heterocycles. The number of pyridine rings is 1. The van der Waals surface area contributed by atoms with Gasteiger partial charge in [0.05, 0.1) is 6.54 Å². The Bertz CT molecular complexity index is 421. The van der Waals surface area contributed by atoms with Crippen molar-refractivity contribution in [3.8, 4) is 5.88 Å². The lowest BCUT2D eigenvalue weighted by Gasteiger charge is -2.39. The van der Waals surface area contributed by atoms with E-state index in [4.69, 9.17) is 4.74 Å². The lowest BCUT2D eigenvalue weighted by molar-refractivity contribution is -0.162. The third-order valence-corrected chi connectivity index (χ3v) is 2.64. The lowest BCUT2D eigenvalue weighted by atomic mass is 10.1. The molecule has 8 heteroatoms. The average molecular weight is 276 g/mol. The van der Waals surface area contributed by atoms with E-state index in [9.17, 15) is 13.2 Å². The first-order chi connectivity index (χ1) is 8.98. The Labute approximate surface area is 108 Å². The van der Waals surface area contributed by atoms with E-state index >= 15 is 0 Å². The summed E-state index contributed by atoms with van der Waals surface area (Å²) < 4.78 is 42.0. The molecule has 2 N–H and O–H groups in total. The summed E-state index contributed by atoms with van der Waals surface area (Å²) in [6, 6.07) is 3.51. The first-order valence-electron chi connectivity index (χ1n) is 5.81. The van der Waals surface area contributed by atoms with Crippen molar-refractivity contribution in [3.05, 3.63) is 18.3 Å². The molecule has 0 aliphatic carbocycles. The van der Waals surface area contributed by atoms with Crippen LogP contribution >= 0.6 is 0 Å². The van der Waals surface area contributed by atoms with Crippen molar-refractivity contribution in [1.82, 2.24) is 15.3 Å². The molecule has 19 heavy (non-hydrogen) atoms. The molecule has 0 saturated carbocycles. The van der Waals surface area contributed by atoms with Crippen LogP contribution in [0.1, 0.15) is 0 Å². The first-order valence-corrected chi connectivity index (χ1v) is 5.81. The Morgan fingerprint density at radius 1 is 1.47 bits per heavy atom. The molecular weight excluding hydrogens is 261 g/mol. The molecule has 0 aromatic carbocycles. The largest absolute Gasteiger partial charge is 0.470 e. The standard InChI is InChI=1S/C11H15F3N4O/c1-15-17-9-3-2-4-16-10(9)19-8-5-18(6-8)7-11(12,13)14/h2-4,8,15,17H,5-7H2,1H3. The molecule has 1 saturated heterocycles. The van der Waals surface area contributed by atoms with Gasteiger partial charge in [-0.25, -0.2) is 10.4 Å². The number of ether oxygens (including phenoxy) is 1. The van der Waals surface area contributed by atoms with Gasteiger partial charge in [-0.2, -0.15) is 13.2 Å². The van der Waals surface area contributed by atoms with Gasteiger partial charge < -0.3 is 10.2 Å². The number of anilines is 1. The fourth-order valence-corrected chi connectivity index (χ4v) is 1.85. The summed E-state index contributed by atoms with van der Waals surface area (Å²) in [7, 11) is 1.70. The highest BCUT2D eigenvalue weighted by molar-refractivity contribution is 5.51. The molecule has 0 bridgehead atoms. The number of aromatic nitrogens is 1. The minimum atomic E-state index is -4.16. The van der Waals surface area contributed by atoms with Crippen molar-refractivity contribution in [1.29, 1.82) is 0 Å². The molecule has 5 nitrogen and oxygen atoms in total. The van der Waals surface area contributed by atoms with Crippen LogP contribution in [-0.2, 0) is 0 Å².